The molecule has 4 rings (SSSR count). The maximum Gasteiger partial charge on any atom is 0.251 e. The summed E-state index contributed by atoms with van der Waals surface area (Å²) < 4.78 is 5.54. The SMILES string of the molecule is O=C(NCC1(c2ccc(Cl)cc2)CCOCC1)c1ccc2n[nH]nc2c1. The van der Waals surface area contributed by atoms with Gasteiger partial charge in [0.25, 0.3) is 5.91 Å². The number of hydrogen-bond acceptors (Lipinski definition) is 4. The summed E-state index contributed by atoms with van der Waals surface area (Å²) in [6, 6.07) is 13.2. The molecule has 3 aromatic rings. The molecular weight excluding hydrogens is 352 g/mol. The number of carbonyl (C=O) groups excluding carboxylic acids is 1. The summed E-state index contributed by atoms with van der Waals surface area (Å²) in [6.45, 7) is 1.92. The number of halogens is 1. The highest BCUT2D eigenvalue weighted by molar-refractivity contribution is 6.30. The van der Waals surface area contributed by atoms with E-state index in [1.165, 1.54) is 5.56 Å². The largest absolute Gasteiger partial charge is 0.381 e. The number of ether oxygens (including phenoxy) is 1. The molecule has 26 heavy (non-hydrogen) atoms. The molecule has 0 aliphatic carbocycles. The predicted octanol–water partition coefficient (Wildman–Crippen LogP) is 3.09. The van der Waals surface area contributed by atoms with Crippen molar-refractivity contribution in [3.8, 4) is 0 Å². The third-order valence-electron chi connectivity index (χ3n) is 5.07. The van der Waals surface area contributed by atoms with Crippen molar-refractivity contribution in [2.45, 2.75) is 18.3 Å². The molecule has 6 nitrogen and oxygen atoms in total. The zero-order chi connectivity index (χ0) is 18.0. The van der Waals surface area contributed by atoms with Crippen LogP contribution in [0.3, 0.4) is 0 Å². The summed E-state index contributed by atoms with van der Waals surface area (Å²) in [5.41, 5.74) is 3.03. The number of nitrogens with zero attached hydrogens (tertiary/aromatic N) is 2. The van der Waals surface area contributed by atoms with Crippen molar-refractivity contribution < 1.29 is 9.53 Å². The normalized spacial score (nSPS) is 16.5. The van der Waals surface area contributed by atoms with Gasteiger partial charge in [-0.15, -0.1) is 0 Å². The second-order valence-electron chi connectivity index (χ2n) is 6.61. The van der Waals surface area contributed by atoms with E-state index in [1.807, 2.05) is 24.3 Å². The zero-order valence-corrected chi connectivity index (χ0v) is 14.9. The van der Waals surface area contributed by atoms with Gasteiger partial charge in [0, 0.05) is 35.8 Å². The molecule has 0 spiro atoms. The monoisotopic (exact) mass is 370 g/mol. The standard InChI is InChI=1S/C19H19ClN4O2/c20-15-4-2-14(3-5-15)19(7-9-26-10-8-19)12-21-18(25)13-1-6-16-17(11-13)23-24-22-16/h1-6,11H,7-10,12H2,(H,21,25)(H,22,23,24). The van der Waals surface area contributed by atoms with Crippen LogP contribution < -0.4 is 5.32 Å². The van der Waals surface area contributed by atoms with Crippen LogP contribution in [-0.2, 0) is 10.2 Å². The molecule has 0 saturated carbocycles. The Balaban J connectivity index is 1.54. The van der Waals surface area contributed by atoms with Gasteiger partial charge in [0.15, 0.2) is 0 Å². The Morgan fingerprint density at radius 2 is 1.85 bits per heavy atom. The van der Waals surface area contributed by atoms with Crippen molar-refractivity contribution in [1.29, 1.82) is 0 Å². The number of nitrogens with one attached hydrogen (secondary N) is 2. The highest BCUT2D eigenvalue weighted by Gasteiger charge is 2.35. The number of carbonyl (C=O) groups is 1. The van der Waals surface area contributed by atoms with Gasteiger partial charge in [-0.3, -0.25) is 4.79 Å². The maximum absolute atomic E-state index is 12.7. The lowest BCUT2D eigenvalue weighted by Crippen LogP contribution is -2.44. The summed E-state index contributed by atoms with van der Waals surface area (Å²) in [6.07, 6.45) is 1.72. The third-order valence-corrected chi connectivity index (χ3v) is 5.32. The molecule has 134 valence electrons. The second kappa shape index (κ2) is 7.05. The first-order chi connectivity index (χ1) is 12.7. The number of amides is 1. The van der Waals surface area contributed by atoms with Gasteiger partial charge >= 0.3 is 0 Å². The fraction of sp³-hybridized carbons (Fsp3) is 0.316. The van der Waals surface area contributed by atoms with Crippen LogP contribution in [-0.4, -0.2) is 41.1 Å². The average molecular weight is 371 g/mol. The van der Waals surface area contributed by atoms with Crippen LogP contribution >= 0.6 is 11.6 Å². The number of aromatic amines is 1. The lowest BCUT2D eigenvalue weighted by molar-refractivity contribution is 0.0487. The molecule has 1 aromatic heterocycles. The topological polar surface area (TPSA) is 79.9 Å². The summed E-state index contributed by atoms with van der Waals surface area (Å²) in [4.78, 5) is 12.7. The van der Waals surface area contributed by atoms with Crippen molar-refractivity contribution in [1.82, 2.24) is 20.7 Å². The van der Waals surface area contributed by atoms with Gasteiger partial charge in [-0.25, -0.2) is 0 Å². The molecule has 0 atom stereocenters. The van der Waals surface area contributed by atoms with E-state index in [-0.39, 0.29) is 11.3 Å². The van der Waals surface area contributed by atoms with E-state index in [4.69, 9.17) is 16.3 Å². The highest BCUT2D eigenvalue weighted by Crippen LogP contribution is 2.35. The van der Waals surface area contributed by atoms with Crippen LogP contribution in [0.1, 0.15) is 28.8 Å². The van der Waals surface area contributed by atoms with E-state index in [0.29, 0.717) is 35.9 Å². The van der Waals surface area contributed by atoms with Gasteiger partial charge in [-0.05, 0) is 48.7 Å². The van der Waals surface area contributed by atoms with Gasteiger partial charge < -0.3 is 10.1 Å². The Morgan fingerprint density at radius 1 is 1.12 bits per heavy atom. The first-order valence-corrected chi connectivity index (χ1v) is 8.97. The minimum absolute atomic E-state index is 0.116. The number of benzene rings is 2. The van der Waals surface area contributed by atoms with E-state index >= 15 is 0 Å². The Morgan fingerprint density at radius 3 is 2.62 bits per heavy atom. The average Bonchev–Trinajstić information content (AvgIpc) is 3.15. The van der Waals surface area contributed by atoms with Gasteiger partial charge in [0.1, 0.15) is 11.0 Å². The number of rotatable bonds is 4. The van der Waals surface area contributed by atoms with E-state index in [2.05, 4.69) is 20.7 Å². The van der Waals surface area contributed by atoms with Crippen molar-refractivity contribution in [2.75, 3.05) is 19.8 Å². The molecule has 2 aromatic carbocycles. The first kappa shape index (κ1) is 17.0. The third kappa shape index (κ3) is 3.30. The molecule has 1 fully saturated rings. The first-order valence-electron chi connectivity index (χ1n) is 8.59. The molecular formula is C19H19ClN4O2. The van der Waals surface area contributed by atoms with Crippen molar-refractivity contribution in [2.24, 2.45) is 0 Å². The van der Waals surface area contributed by atoms with E-state index in [9.17, 15) is 4.79 Å². The van der Waals surface area contributed by atoms with Crippen molar-refractivity contribution in [3.63, 3.8) is 0 Å². The maximum atomic E-state index is 12.7. The molecule has 1 aliphatic heterocycles. The van der Waals surface area contributed by atoms with Gasteiger partial charge in [-0.2, -0.15) is 15.4 Å². The molecule has 1 amide bonds. The highest BCUT2D eigenvalue weighted by atomic mass is 35.5. The fourth-order valence-electron chi connectivity index (χ4n) is 3.47. The van der Waals surface area contributed by atoms with Gasteiger partial charge in [-0.1, -0.05) is 23.7 Å². The van der Waals surface area contributed by atoms with E-state index < -0.39 is 0 Å². The van der Waals surface area contributed by atoms with Crippen LogP contribution in [0.5, 0.6) is 0 Å². The summed E-state index contributed by atoms with van der Waals surface area (Å²) in [7, 11) is 0. The molecule has 7 heteroatoms. The van der Waals surface area contributed by atoms with E-state index in [1.54, 1.807) is 18.2 Å². The fourth-order valence-corrected chi connectivity index (χ4v) is 3.59. The Labute approximate surface area is 155 Å². The second-order valence-corrected chi connectivity index (χ2v) is 7.05. The molecule has 1 aliphatic rings. The number of aromatic nitrogens is 3. The summed E-state index contributed by atoms with van der Waals surface area (Å²) >= 11 is 6.03. The van der Waals surface area contributed by atoms with Crippen molar-refractivity contribution >= 4 is 28.5 Å². The van der Waals surface area contributed by atoms with Gasteiger partial charge in [0.05, 0.1) is 0 Å². The number of fused-ring (bicyclic) bond motifs is 1. The molecule has 0 bridgehead atoms. The van der Waals surface area contributed by atoms with E-state index in [0.717, 1.165) is 18.4 Å². The minimum Gasteiger partial charge on any atom is -0.381 e. The summed E-state index contributed by atoms with van der Waals surface area (Å²) in [5.74, 6) is -0.116. The van der Waals surface area contributed by atoms with Crippen LogP contribution in [0.2, 0.25) is 5.02 Å². The Bertz CT molecular complexity index is 917. The lowest BCUT2D eigenvalue weighted by Gasteiger charge is -2.38. The molecule has 0 radical (unpaired) electrons. The molecule has 2 N–H and O–H groups in total. The number of H-pyrrole nitrogens is 1. The summed E-state index contributed by atoms with van der Waals surface area (Å²) in [5, 5.41) is 14.4. The molecule has 2 heterocycles. The Hall–Kier alpha value is -2.44. The smallest absolute Gasteiger partial charge is 0.251 e. The zero-order valence-electron chi connectivity index (χ0n) is 14.2. The van der Waals surface area contributed by atoms with Crippen molar-refractivity contribution in [3.05, 3.63) is 58.6 Å². The lowest BCUT2D eigenvalue weighted by atomic mass is 9.74. The van der Waals surface area contributed by atoms with Crippen LogP contribution in [0.25, 0.3) is 11.0 Å². The molecule has 1 saturated heterocycles. The number of hydrogen-bond donors (Lipinski definition) is 2. The van der Waals surface area contributed by atoms with Crippen LogP contribution in [0, 0.1) is 0 Å². The van der Waals surface area contributed by atoms with Crippen LogP contribution in [0.4, 0.5) is 0 Å². The molecule has 0 unspecified atom stereocenters. The minimum atomic E-state index is -0.142. The quantitative estimate of drug-likeness (QED) is 0.739. The Kier molecular flexibility index (Phi) is 4.61. The van der Waals surface area contributed by atoms with Gasteiger partial charge in [0.2, 0.25) is 0 Å². The van der Waals surface area contributed by atoms with Crippen LogP contribution in [0.15, 0.2) is 42.5 Å². The predicted molar refractivity (Wildman–Crippen MR) is 99.4 cm³/mol.